The van der Waals surface area contributed by atoms with Gasteiger partial charge in [-0.05, 0) is 17.7 Å². The third-order valence-electron chi connectivity index (χ3n) is 5.50. The second kappa shape index (κ2) is 9.62. The fourth-order valence-corrected chi connectivity index (χ4v) is 4.43. The summed E-state index contributed by atoms with van der Waals surface area (Å²) in [5.74, 6) is 2.06. The Labute approximate surface area is 190 Å². The van der Waals surface area contributed by atoms with Gasteiger partial charge in [-0.25, -0.2) is 0 Å². The van der Waals surface area contributed by atoms with E-state index in [-0.39, 0.29) is 11.7 Å². The normalized spacial score (nSPS) is 18.5. The number of fused-ring (bicyclic) bond motifs is 1. The predicted molar refractivity (Wildman–Crippen MR) is 119 cm³/mol. The van der Waals surface area contributed by atoms with Gasteiger partial charge < -0.3 is 18.8 Å². The molecular weight excluding hydrogens is 428 g/mol. The molecule has 0 spiro atoms. The summed E-state index contributed by atoms with van der Waals surface area (Å²) >= 11 is 1.25. The minimum atomic E-state index is -0.458. The standard InChI is InChI=1S/C23H24N4O4S/c28-21(27-12-10-26(11-13-27)14-17-6-2-1-3-7-17)16-32-23-25-24-22(31-23)20-15-29-18-8-4-5-9-19(18)30-20/h1-9,20H,10-16H2. The zero-order valence-corrected chi connectivity index (χ0v) is 18.4. The van der Waals surface area contributed by atoms with Crippen LogP contribution in [-0.2, 0) is 11.3 Å². The lowest BCUT2D eigenvalue weighted by Gasteiger charge is -2.34. The van der Waals surface area contributed by atoms with Crippen LogP contribution in [0.25, 0.3) is 0 Å². The lowest BCUT2D eigenvalue weighted by Crippen LogP contribution is -2.48. The molecule has 0 N–H and O–H groups in total. The van der Waals surface area contributed by atoms with Crippen LogP contribution >= 0.6 is 11.8 Å². The maximum Gasteiger partial charge on any atom is 0.277 e. The number of benzene rings is 2. The molecule has 1 unspecified atom stereocenters. The van der Waals surface area contributed by atoms with E-state index < -0.39 is 6.10 Å². The first-order valence-electron chi connectivity index (χ1n) is 10.6. The lowest BCUT2D eigenvalue weighted by atomic mass is 10.2. The summed E-state index contributed by atoms with van der Waals surface area (Å²) in [6.07, 6.45) is -0.458. The topological polar surface area (TPSA) is 80.9 Å². The van der Waals surface area contributed by atoms with E-state index in [0.29, 0.717) is 29.2 Å². The first-order chi connectivity index (χ1) is 15.7. The van der Waals surface area contributed by atoms with Crippen molar-refractivity contribution in [1.29, 1.82) is 0 Å². The Balaban J connectivity index is 1.08. The molecule has 9 heteroatoms. The molecule has 0 aliphatic carbocycles. The molecule has 0 bridgehead atoms. The Kier molecular flexibility index (Phi) is 6.27. The van der Waals surface area contributed by atoms with Crippen molar-refractivity contribution >= 4 is 17.7 Å². The zero-order valence-electron chi connectivity index (χ0n) is 17.6. The Morgan fingerprint density at radius 2 is 1.72 bits per heavy atom. The van der Waals surface area contributed by atoms with Gasteiger partial charge in [0.15, 0.2) is 11.5 Å². The predicted octanol–water partition coefficient (Wildman–Crippen LogP) is 3.02. The summed E-state index contributed by atoms with van der Waals surface area (Å²) in [6, 6.07) is 17.9. The van der Waals surface area contributed by atoms with E-state index in [1.165, 1.54) is 17.3 Å². The SMILES string of the molecule is O=C(CSc1nnc(C2COc3ccccc3O2)o1)N1CCN(Cc2ccccc2)CC1. The highest BCUT2D eigenvalue weighted by molar-refractivity contribution is 7.99. The average molecular weight is 453 g/mol. The minimum Gasteiger partial charge on any atom is -0.485 e. The second-order valence-corrected chi connectivity index (χ2v) is 8.63. The molecule has 8 nitrogen and oxygen atoms in total. The van der Waals surface area contributed by atoms with Gasteiger partial charge in [-0.3, -0.25) is 9.69 Å². The third-order valence-corrected chi connectivity index (χ3v) is 6.30. The Morgan fingerprint density at radius 1 is 0.969 bits per heavy atom. The van der Waals surface area contributed by atoms with Crippen LogP contribution in [0.4, 0.5) is 0 Å². The van der Waals surface area contributed by atoms with Crippen LogP contribution in [-0.4, -0.2) is 64.4 Å². The van der Waals surface area contributed by atoms with Gasteiger partial charge in [-0.15, -0.1) is 10.2 Å². The van der Waals surface area contributed by atoms with Crippen LogP contribution in [0.1, 0.15) is 17.6 Å². The summed E-state index contributed by atoms with van der Waals surface area (Å²) in [7, 11) is 0. The Bertz CT molecular complexity index is 1050. The van der Waals surface area contributed by atoms with E-state index in [9.17, 15) is 4.79 Å². The van der Waals surface area contributed by atoms with Gasteiger partial charge in [0.25, 0.3) is 11.1 Å². The molecular formula is C23H24N4O4S. The quantitative estimate of drug-likeness (QED) is 0.528. The molecule has 1 aromatic heterocycles. The Hall–Kier alpha value is -3.04. The first kappa shape index (κ1) is 20.8. The van der Waals surface area contributed by atoms with E-state index in [4.69, 9.17) is 13.9 Å². The summed E-state index contributed by atoms with van der Waals surface area (Å²) < 4.78 is 17.3. The zero-order chi connectivity index (χ0) is 21.8. The van der Waals surface area contributed by atoms with Crippen LogP contribution in [0.5, 0.6) is 11.5 Å². The van der Waals surface area contributed by atoms with Crippen molar-refractivity contribution in [2.24, 2.45) is 0 Å². The number of carbonyl (C=O) groups is 1. The number of nitrogens with zero attached hydrogens (tertiary/aromatic N) is 4. The highest BCUT2D eigenvalue weighted by Gasteiger charge is 2.28. The monoisotopic (exact) mass is 452 g/mol. The number of ether oxygens (including phenoxy) is 2. The number of hydrogen-bond acceptors (Lipinski definition) is 8. The number of aromatic nitrogens is 2. The summed E-state index contributed by atoms with van der Waals surface area (Å²) in [5, 5.41) is 8.49. The number of rotatable bonds is 6. The van der Waals surface area contributed by atoms with Gasteiger partial charge in [-0.1, -0.05) is 54.2 Å². The van der Waals surface area contributed by atoms with E-state index in [0.717, 1.165) is 32.7 Å². The van der Waals surface area contributed by atoms with Crippen LogP contribution in [0, 0.1) is 0 Å². The molecule has 0 saturated carbocycles. The number of carbonyl (C=O) groups excluding carboxylic acids is 1. The number of amides is 1. The molecule has 5 rings (SSSR count). The van der Waals surface area contributed by atoms with E-state index >= 15 is 0 Å². The molecule has 2 aliphatic heterocycles. The molecule has 3 heterocycles. The van der Waals surface area contributed by atoms with E-state index in [1.807, 2.05) is 35.2 Å². The van der Waals surface area contributed by atoms with E-state index in [1.54, 1.807) is 0 Å². The average Bonchev–Trinajstić information content (AvgIpc) is 3.32. The summed E-state index contributed by atoms with van der Waals surface area (Å²) in [4.78, 5) is 16.9. The molecule has 0 radical (unpaired) electrons. The number of thioether (sulfide) groups is 1. The van der Waals surface area contributed by atoms with Crippen molar-refractivity contribution < 1.29 is 18.7 Å². The maximum absolute atomic E-state index is 12.6. The van der Waals surface area contributed by atoms with Crippen LogP contribution in [0.3, 0.4) is 0 Å². The highest BCUT2D eigenvalue weighted by Crippen LogP contribution is 2.35. The van der Waals surface area contributed by atoms with Crippen molar-refractivity contribution in [2.75, 3.05) is 38.5 Å². The molecule has 1 saturated heterocycles. The molecule has 2 aromatic carbocycles. The number of hydrogen-bond donors (Lipinski definition) is 0. The molecule has 1 atom stereocenters. The highest BCUT2D eigenvalue weighted by atomic mass is 32.2. The van der Waals surface area contributed by atoms with Crippen molar-refractivity contribution in [3.05, 3.63) is 66.1 Å². The van der Waals surface area contributed by atoms with Gasteiger partial charge in [0.1, 0.15) is 6.61 Å². The van der Waals surface area contributed by atoms with Crippen LogP contribution in [0.2, 0.25) is 0 Å². The molecule has 32 heavy (non-hydrogen) atoms. The molecule has 1 fully saturated rings. The third kappa shape index (κ3) is 4.89. The summed E-state index contributed by atoms with van der Waals surface area (Å²) in [6.45, 7) is 4.42. The van der Waals surface area contributed by atoms with Gasteiger partial charge in [-0.2, -0.15) is 0 Å². The van der Waals surface area contributed by atoms with Crippen LogP contribution < -0.4 is 9.47 Å². The minimum absolute atomic E-state index is 0.0836. The molecule has 1 amide bonds. The summed E-state index contributed by atoms with van der Waals surface area (Å²) in [5.41, 5.74) is 1.30. The van der Waals surface area contributed by atoms with E-state index in [2.05, 4.69) is 39.4 Å². The van der Waals surface area contributed by atoms with Crippen molar-refractivity contribution in [3.63, 3.8) is 0 Å². The number of piperazine rings is 1. The van der Waals surface area contributed by atoms with Crippen molar-refractivity contribution in [3.8, 4) is 11.5 Å². The largest absolute Gasteiger partial charge is 0.485 e. The van der Waals surface area contributed by atoms with Gasteiger partial charge >= 0.3 is 0 Å². The molecule has 3 aromatic rings. The molecule has 2 aliphatic rings. The first-order valence-corrected chi connectivity index (χ1v) is 11.6. The van der Waals surface area contributed by atoms with Gasteiger partial charge in [0, 0.05) is 32.7 Å². The smallest absolute Gasteiger partial charge is 0.277 e. The Morgan fingerprint density at radius 3 is 2.53 bits per heavy atom. The number of para-hydroxylation sites is 2. The van der Waals surface area contributed by atoms with Crippen LogP contribution in [0.15, 0.2) is 64.2 Å². The fourth-order valence-electron chi connectivity index (χ4n) is 3.76. The van der Waals surface area contributed by atoms with Gasteiger partial charge in [0.05, 0.1) is 5.75 Å². The molecule has 166 valence electrons. The lowest BCUT2D eigenvalue weighted by molar-refractivity contribution is -0.130. The van der Waals surface area contributed by atoms with Crippen molar-refractivity contribution in [1.82, 2.24) is 20.0 Å². The van der Waals surface area contributed by atoms with Gasteiger partial charge in [0.2, 0.25) is 12.0 Å². The maximum atomic E-state index is 12.6. The van der Waals surface area contributed by atoms with Crippen molar-refractivity contribution in [2.45, 2.75) is 17.9 Å². The second-order valence-electron chi connectivity index (χ2n) is 7.70. The fraction of sp³-hybridized carbons (Fsp3) is 0.348.